The van der Waals surface area contributed by atoms with E-state index in [0.29, 0.717) is 12.2 Å². The smallest absolute Gasteiger partial charge is 0.419 e. The van der Waals surface area contributed by atoms with Crippen LogP contribution in [0.1, 0.15) is 28.8 Å². The summed E-state index contributed by atoms with van der Waals surface area (Å²) >= 11 is 0. The average molecular weight is 244 g/mol. The molecule has 1 saturated carbocycles. The van der Waals surface area contributed by atoms with E-state index in [9.17, 15) is 18.0 Å². The molecule has 0 aliphatic heterocycles. The number of alkyl halides is 3. The Bertz CT molecular complexity index is 422. The van der Waals surface area contributed by atoms with Crippen molar-refractivity contribution in [3.63, 3.8) is 0 Å². The molecule has 0 atom stereocenters. The van der Waals surface area contributed by atoms with E-state index >= 15 is 0 Å². The molecule has 0 radical (unpaired) electrons. The summed E-state index contributed by atoms with van der Waals surface area (Å²) in [6.45, 7) is 0.283. The largest absolute Gasteiger partial charge is 0.493 e. The van der Waals surface area contributed by atoms with E-state index in [-0.39, 0.29) is 17.9 Å². The zero-order chi connectivity index (χ0) is 12.5. The first kappa shape index (κ1) is 12.0. The zero-order valence-corrected chi connectivity index (χ0v) is 8.96. The van der Waals surface area contributed by atoms with Crippen molar-refractivity contribution in [2.24, 2.45) is 5.92 Å². The number of halogens is 3. The molecule has 0 bridgehead atoms. The second-order valence-corrected chi connectivity index (χ2v) is 4.13. The summed E-state index contributed by atoms with van der Waals surface area (Å²) in [4.78, 5) is 10.5. The Labute approximate surface area is 96.4 Å². The first-order valence-corrected chi connectivity index (χ1v) is 5.30. The highest BCUT2D eigenvalue weighted by Crippen LogP contribution is 2.38. The van der Waals surface area contributed by atoms with E-state index in [0.717, 1.165) is 31.0 Å². The van der Waals surface area contributed by atoms with Crippen LogP contribution >= 0.6 is 0 Å². The second-order valence-electron chi connectivity index (χ2n) is 4.13. The van der Waals surface area contributed by atoms with E-state index in [1.807, 2.05) is 0 Å². The topological polar surface area (TPSA) is 26.3 Å². The number of carbonyl (C=O) groups is 1. The third-order valence-corrected chi connectivity index (χ3v) is 2.62. The first-order valence-electron chi connectivity index (χ1n) is 5.30. The molecule has 2 rings (SSSR count). The van der Waals surface area contributed by atoms with Gasteiger partial charge in [0.15, 0.2) is 0 Å². The number of hydrogen-bond donors (Lipinski definition) is 0. The fraction of sp³-hybridized carbons (Fsp3) is 0.417. The molecular weight excluding hydrogens is 233 g/mol. The molecule has 1 fully saturated rings. The summed E-state index contributed by atoms with van der Waals surface area (Å²) in [5.41, 5.74) is -0.646. The van der Waals surface area contributed by atoms with Crippen LogP contribution < -0.4 is 4.74 Å². The van der Waals surface area contributed by atoms with Gasteiger partial charge in [-0.25, -0.2) is 0 Å². The molecule has 0 N–H and O–H groups in total. The van der Waals surface area contributed by atoms with E-state index in [1.54, 1.807) is 0 Å². The number of carbonyl (C=O) groups excluding carboxylic acids is 1. The van der Waals surface area contributed by atoms with Crippen LogP contribution in [0.15, 0.2) is 18.2 Å². The van der Waals surface area contributed by atoms with Gasteiger partial charge in [0.25, 0.3) is 0 Å². The van der Waals surface area contributed by atoms with Crippen molar-refractivity contribution in [2.45, 2.75) is 19.0 Å². The van der Waals surface area contributed by atoms with Gasteiger partial charge in [-0.05, 0) is 30.9 Å². The molecule has 1 aromatic rings. The van der Waals surface area contributed by atoms with Crippen LogP contribution in [0.3, 0.4) is 0 Å². The highest BCUT2D eigenvalue weighted by molar-refractivity contribution is 5.76. The van der Waals surface area contributed by atoms with E-state index < -0.39 is 11.7 Å². The summed E-state index contributed by atoms with van der Waals surface area (Å²) in [6, 6.07) is 3.16. The number of benzene rings is 1. The minimum absolute atomic E-state index is 0.184. The quantitative estimate of drug-likeness (QED) is 0.759. The van der Waals surface area contributed by atoms with Crippen molar-refractivity contribution >= 4 is 6.29 Å². The lowest BCUT2D eigenvalue weighted by Crippen LogP contribution is -2.10. The maximum Gasteiger partial charge on any atom is 0.419 e. The Hall–Kier alpha value is -1.52. The van der Waals surface area contributed by atoms with Gasteiger partial charge in [0.05, 0.1) is 12.2 Å². The molecule has 17 heavy (non-hydrogen) atoms. The number of hydrogen-bond acceptors (Lipinski definition) is 2. The molecule has 92 valence electrons. The second kappa shape index (κ2) is 4.39. The summed E-state index contributed by atoms with van der Waals surface area (Å²) in [5.74, 6) is 0.102. The Kier molecular flexibility index (Phi) is 3.09. The van der Waals surface area contributed by atoms with Crippen LogP contribution in [-0.4, -0.2) is 12.9 Å². The van der Waals surface area contributed by atoms with Crippen molar-refractivity contribution in [2.75, 3.05) is 6.61 Å². The predicted molar refractivity (Wildman–Crippen MR) is 55.1 cm³/mol. The van der Waals surface area contributed by atoms with Crippen LogP contribution in [0.5, 0.6) is 5.75 Å². The molecule has 1 aliphatic carbocycles. The van der Waals surface area contributed by atoms with Gasteiger partial charge in [-0.15, -0.1) is 0 Å². The van der Waals surface area contributed by atoms with Crippen molar-refractivity contribution in [1.82, 2.24) is 0 Å². The van der Waals surface area contributed by atoms with Crippen molar-refractivity contribution in [3.8, 4) is 5.75 Å². The molecule has 0 aromatic heterocycles. The van der Waals surface area contributed by atoms with Crippen molar-refractivity contribution in [1.29, 1.82) is 0 Å². The number of rotatable bonds is 4. The third kappa shape index (κ3) is 2.99. The summed E-state index contributed by atoms with van der Waals surface area (Å²) in [5, 5.41) is 0. The molecule has 0 saturated heterocycles. The maximum absolute atomic E-state index is 12.7. The van der Waals surface area contributed by atoms with Crippen LogP contribution in [0.25, 0.3) is 0 Å². The van der Waals surface area contributed by atoms with E-state index in [1.165, 1.54) is 0 Å². The van der Waals surface area contributed by atoms with Crippen LogP contribution in [0.2, 0.25) is 0 Å². The molecule has 1 aromatic carbocycles. The molecule has 0 amide bonds. The van der Waals surface area contributed by atoms with Gasteiger partial charge in [0.2, 0.25) is 0 Å². The third-order valence-electron chi connectivity index (χ3n) is 2.62. The fourth-order valence-corrected chi connectivity index (χ4v) is 1.46. The monoisotopic (exact) mass is 244 g/mol. The van der Waals surface area contributed by atoms with Gasteiger partial charge in [0, 0.05) is 5.56 Å². The lowest BCUT2D eigenvalue weighted by Gasteiger charge is -2.14. The molecule has 0 heterocycles. The summed E-state index contributed by atoms with van der Waals surface area (Å²) in [7, 11) is 0. The lowest BCUT2D eigenvalue weighted by molar-refractivity contribution is -0.139. The van der Waals surface area contributed by atoms with Crippen LogP contribution in [0.4, 0.5) is 13.2 Å². The predicted octanol–water partition coefficient (Wildman–Crippen LogP) is 3.31. The minimum Gasteiger partial charge on any atom is -0.493 e. The Morgan fingerprint density at radius 1 is 1.35 bits per heavy atom. The SMILES string of the molecule is O=Cc1ccc(C(F)(F)F)c(OCC2CC2)c1. The van der Waals surface area contributed by atoms with Gasteiger partial charge < -0.3 is 4.74 Å². The van der Waals surface area contributed by atoms with E-state index in [2.05, 4.69) is 0 Å². The zero-order valence-electron chi connectivity index (χ0n) is 8.96. The molecule has 5 heteroatoms. The highest BCUT2D eigenvalue weighted by Gasteiger charge is 2.35. The molecule has 0 unspecified atom stereocenters. The van der Waals surface area contributed by atoms with Gasteiger partial charge >= 0.3 is 6.18 Å². The Balaban J connectivity index is 2.25. The molecular formula is C12H11F3O2. The summed E-state index contributed by atoms with van der Waals surface area (Å²) < 4.78 is 43.1. The minimum atomic E-state index is -4.46. The normalized spacial score (nSPS) is 15.7. The first-order chi connectivity index (χ1) is 8.00. The fourth-order valence-electron chi connectivity index (χ4n) is 1.46. The number of aldehydes is 1. The van der Waals surface area contributed by atoms with Gasteiger partial charge in [0.1, 0.15) is 12.0 Å². The standard InChI is InChI=1S/C12H11F3O2/c13-12(14,15)10-4-3-9(6-16)5-11(10)17-7-8-1-2-8/h3-6,8H,1-2,7H2. The van der Waals surface area contributed by atoms with Crippen molar-refractivity contribution < 1.29 is 22.7 Å². The van der Waals surface area contributed by atoms with Crippen LogP contribution in [0, 0.1) is 5.92 Å². The molecule has 2 nitrogen and oxygen atoms in total. The highest BCUT2D eigenvalue weighted by atomic mass is 19.4. The van der Waals surface area contributed by atoms with Crippen LogP contribution in [-0.2, 0) is 6.18 Å². The number of ether oxygens (including phenoxy) is 1. The summed E-state index contributed by atoms with van der Waals surface area (Å²) in [6.07, 6.45) is -1.96. The Morgan fingerprint density at radius 3 is 2.59 bits per heavy atom. The Morgan fingerprint density at radius 2 is 2.06 bits per heavy atom. The average Bonchev–Trinajstić information content (AvgIpc) is 3.08. The molecule has 0 spiro atoms. The lowest BCUT2D eigenvalue weighted by atomic mass is 10.1. The van der Waals surface area contributed by atoms with E-state index in [4.69, 9.17) is 4.74 Å². The van der Waals surface area contributed by atoms with Crippen molar-refractivity contribution in [3.05, 3.63) is 29.3 Å². The van der Waals surface area contributed by atoms with Gasteiger partial charge in [-0.2, -0.15) is 13.2 Å². The van der Waals surface area contributed by atoms with Gasteiger partial charge in [-0.3, -0.25) is 4.79 Å². The van der Waals surface area contributed by atoms with Gasteiger partial charge in [-0.1, -0.05) is 6.07 Å². The maximum atomic E-state index is 12.7. The molecule has 1 aliphatic rings.